The lowest BCUT2D eigenvalue weighted by atomic mass is 10.0. The Kier molecular flexibility index (Phi) is 4.35. The maximum absolute atomic E-state index is 4.59. The molecule has 1 aromatic heterocycles. The van der Waals surface area contributed by atoms with Crippen molar-refractivity contribution in [3.63, 3.8) is 0 Å². The van der Waals surface area contributed by atoms with Crippen LogP contribution in [-0.2, 0) is 26.1 Å². The van der Waals surface area contributed by atoms with Gasteiger partial charge in [0.2, 0.25) is 0 Å². The van der Waals surface area contributed by atoms with Gasteiger partial charge < -0.3 is 0 Å². The van der Waals surface area contributed by atoms with Gasteiger partial charge in [-0.3, -0.25) is 9.80 Å². The van der Waals surface area contributed by atoms with Gasteiger partial charge in [0.1, 0.15) is 6.33 Å². The Bertz CT molecular complexity index is 650. The van der Waals surface area contributed by atoms with E-state index in [-0.39, 0.29) is 0 Å². The lowest BCUT2D eigenvalue weighted by Gasteiger charge is -2.29. The van der Waals surface area contributed by atoms with Crippen LogP contribution in [0.3, 0.4) is 0 Å². The number of benzene rings is 1. The van der Waals surface area contributed by atoms with Crippen LogP contribution in [0.1, 0.15) is 35.4 Å². The van der Waals surface area contributed by atoms with E-state index in [2.05, 4.69) is 50.1 Å². The van der Waals surface area contributed by atoms with E-state index in [0.717, 1.165) is 32.6 Å². The molecule has 3 heterocycles. The highest BCUT2D eigenvalue weighted by Crippen LogP contribution is 2.22. The Hall–Kier alpha value is -1.78. The summed E-state index contributed by atoms with van der Waals surface area (Å²) in [7, 11) is 0. The maximum Gasteiger partial charge on any atom is 0.116 e. The molecule has 4 rings (SSSR count). The molecule has 0 bridgehead atoms. The molecule has 2 aliphatic heterocycles. The fourth-order valence-corrected chi connectivity index (χ4v) is 3.74. The van der Waals surface area contributed by atoms with Gasteiger partial charge in [0.05, 0.1) is 11.4 Å². The molecular weight excluding hydrogens is 284 g/mol. The Morgan fingerprint density at radius 3 is 2.52 bits per heavy atom. The lowest BCUT2D eigenvalue weighted by Crippen LogP contribution is -2.32. The van der Waals surface area contributed by atoms with E-state index < -0.39 is 0 Å². The van der Waals surface area contributed by atoms with Gasteiger partial charge in [-0.1, -0.05) is 30.3 Å². The summed E-state index contributed by atoms with van der Waals surface area (Å²) in [4.78, 5) is 14.2. The molecule has 4 heteroatoms. The van der Waals surface area contributed by atoms with E-state index in [1.807, 2.05) is 0 Å². The van der Waals surface area contributed by atoms with Gasteiger partial charge in [0.25, 0.3) is 0 Å². The minimum atomic E-state index is 0.944. The van der Waals surface area contributed by atoms with Crippen LogP contribution in [0.5, 0.6) is 0 Å². The highest BCUT2D eigenvalue weighted by molar-refractivity contribution is 5.27. The van der Waals surface area contributed by atoms with Crippen LogP contribution in [0.4, 0.5) is 0 Å². The van der Waals surface area contributed by atoms with Crippen molar-refractivity contribution in [1.29, 1.82) is 0 Å². The summed E-state index contributed by atoms with van der Waals surface area (Å²) in [5.41, 5.74) is 5.28. The van der Waals surface area contributed by atoms with Crippen LogP contribution in [-0.4, -0.2) is 39.4 Å². The summed E-state index contributed by atoms with van der Waals surface area (Å²) < 4.78 is 0. The summed E-state index contributed by atoms with van der Waals surface area (Å²) in [6.45, 7) is 6.50. The minimum Gasteiger partial charge on any atom is -0.298 e. The minimum absolute atomic E-state index is 0.944. The van der Waals surface area contributed by atoms with E-state index in [0.29, 0.717) is 0 Å². The molecule has 0 aliphatic carbocycles. The Morgan fingerprint density at radius 1 is 0.870 bits per heavy atom. The number of hydrogen-bond acceptors (Lipinski definition) is 4. The van der Waals surface area contributed by atoms with Crippen molar-refractivity contribution in [2.75, 3.05) is 19.6 Å². The molecule has 2 aromatic rings. The number of rotatable bonds is 4. The number of likely N-dealkylation sites (tertiary alicyclic amines) is 1. The Balaban J connectivity index is 1.47. The van der Waals surface area contributed by atoms with Gasteiger partial charge in [0, 0.05) is 26.2 Å². The predicted octanol–water partition coefficient (Wildman–Crippen LogP) is 2.63. The Morgan fingerprint density at radius 2 is 1.70 bits per heavy atom. The van der Waals surface area contributed by atoms with Gasteiger partial charge in [-0.05, 0) is 43.5 Å². The zero-order chi connectivity index (χ0) is 15.5. The van der Waals surface area contributed by atoms with Crippen LogP contribution < -0.4 is 0 Å². The van der Waals surface area contributed by atoms with Crippen molar-refractivity contribution in [1.82, 2.24) is 19.8 Å². The largest absolute Gasteiger partial charge is 0.298 e. The summed E-state index contributed by atoms with van der Waals surface area (Å²) >= 11 is 0. The molecular formula is C19H24N4. The second kappa shape index (κ2) is 6.77. The predicted molar refractivity (Wildman–Crippen MR) is 90.8 cm³/mol. The first kappa shape index (κ1) is 14.8. The third kappa shape index (κ3) is 3.43. The van der Waals surface area contributed by atoms with Crippen LogP contribution in [0.15, 0.2) is 36.7 Å². The van der Waals surface area contributed by atoms with Gasteiger partial charge in [0.15, 0.2) is 0 Å². The molecule has 2 aliphatic rings. The fourth-order valence-electron chi connectivity index (χ4n) is 3.74. The average Bonchev–Trinajstić information content (AvgIpc) is 3.09. The van der Waals surface area contributed by atoms with Crippen LogP contribution in [0.25, 0.3) is 0 Å². The standard InChI is InChI=1S/C19H24N4/c1-2-6-16(7-3-1)12-23-11-8-17-18(13-22-9-4-5-10-22)20-15-21-19(17)14-23/h1-3,6-7,15H,4-5,8-14H2. The first-order valence-corrected chi connectivity index (χ1v) is 8.69. The third-order valence-electron chi connectivity index (χ3n) is 5.00. The monoisotopic (exact) mass is 308 g/mol. The molecule has 1 saturated heterocycles. The van der Waals surface area contributed by atoms with Crippen molar-refractivity contribution in [3.8, 4) is 0 Å². The highest BCUT2D eigenvalue weighted by atomic mass is 15.2. The highest BCUT2D eigenvalue weighted by Gasteiger charge is 2.22. The zero-order valence-electron chi connectivity index (χ0n) is 13.6. The number of nitrogens with zero attached hydrogens (tertiary/aromatic N) is 4. The quantitative estimate of drug-likeness (QED) is 0.869. The first-order valence-electron chi connectivity index (χ1n) is 8.69. The summed E-state index contributed by atoms with van der Waals surface area (Å²) in [6.07, 6.45) is 5.50. The number of aromatic nitrogens is 2. The molecule has 23 heavy (non-hydrogen) atoms. The van der Waals surface area contributed by atoms with E-state index in [4.69, 9.17) is 0 Å². The van der Waals surface area contributed by atoms with Crippen LogP contribution >= 0.6 is 0 Å². The molecule has 4 nitrogen and oxygen atoms in total. The number of hydrogen-bond donors (Lipinski definition) is 0. The smallest absolute Gasteiger partial charge is 0.116 e. The first-order chi connectivity index (χ1) is 11.4. The average molecular weight is 308 g/mol. The van der Waals surface area contributed by atoms with E-state index in [9.17, 15) is 0 Å². The maximum atomic E-state index is 4.59. The van der Waals surface area contributed by atoms with Crippen molar-refractivity contribution >= 4 is 0 Å². The van der Waals surface area contributed by atoms with Gasteiger partial charge >= 0.3 is 0 Å². The second-order valence-corrected chi connectivity index (χ2v) is 6.68. The summed E-state index contributed by atoms with van der Waals surface area (Å²) in [5.74, 6) is 0. The topological polar surface area (TPSA) is 32.3 Å². The molecule has 0 spiro atoms. The molecule has 1 aromatic carbocycles. The van der Waals surface area contributed by atoms with E-state index >= 15 is 0 Å². The summed E-state index contributed by atoms with van der Waals surface area (Å²) in [5, 5.41) is 0. The molecule has 0 atom stereocenters. The fraction of sp³-hybridized carbons (Fsp3) is 0.474. The van der Waals surface area contributed by atoms with Crippen LogP contribution in [0.2, 0.25) is 0 Å². The van der Waals surface area contributed by atoms with Crippen molar-refractivity contribution in [2.24, 2.45) is 0 Å². The molecule has 0 unspecified atom stereocenters. The normalized spacial score (nSPS) is 19.0. The molecule has 120 valence electrons. The van der Waals surface area contributed by atoms with Crippen molar-refractivity contribution in [2.45, 2.75) is 38.9 Å². The molecule has 1 fully saturated rings. The van der Waals surface area contributed by atoms with Crippen molar-refractivity contribution < 1.29 is 0 Å². The molecule has 0 radical (unpaired) electrons. The Labute approximate surface area is 138 Å². The zero-order valence-corrected chi connectivity index (χ0v) is 13.6. The van der Waals surface area contributed by atoms with Crippen LogP contribution in [0, 0.1) is 0 Å². The summed E-state index contributed by atoms with van der Waals surface area (Å²) in [6, 6.07) is 10.7. The molecule has 0 N–H and O–H groups in total. The molecule has 0 saturated carbocycles. The number of fused-ring (bicyclic) bond motifs is 1. The van der Waals surface area contributed by atoms with E-state index in [1.165, 1.54) is 48.4 Å². The van der Waals surface area contributed by atoms with Gasteiger partial charge in [-0.25, -0.2) is 9.97 Å². The second-order valence-electron chi connectivity index (χ2n) is 6.68. The van der Waals surface area contributed by atoms with Gasteiger partial charge in [-0.15, -0.1) is 0 Å². The lowest BCUT2D eigenvalue weighted by molar-refractivity contribution is 0.238. The molecule has 0 amide bonds. The van der Waals surface area contributed by atoms with Crippen molar-refractivity contribution in [3.05, 3.63) is 59.2 Å². The van der Waals surface area contributed by atoms with Gasteiger partial charge in [-0.2, -0.15) is 0 Å². The third-order valence-corrected chi connectivity index (χ3v) is 5.00. The SMILES string of the molecule is c1ccc(CN2CCc3c(CN4CCCC4)ncnc3C2)cc1. The van der Waals surface area contributed by atoms with E-state index in [1.54, 1.807) is 6.33 Å².